The summed E-state index contributed by atoms with van der Waals surface area (Å²) in [6.45, 7) is 4.13. The number of anilines is 2. The SMILES string of the molecule is Cc1ccc(NC(C)c2ccc(N)cc2)nc1. The molecule has 0 radical (unpaired) electrons. The number of hydrogen-bond donors (Lipinski definition) is 2. The van der Waals surface area contributed by atoms with E-state index in [9.17, 15) is 0 Å². The van der Waals surface area contributed by atoms with Crippen LogP contribution in [0.1, 0.15) is 24.1 Å². The normalized spacial score (nSPS) is 12.1. The second kappa shape index (κ2) is 4.87. The van der Waals surface area contributed by atoms with Crippen LogP contribution >= 0.6 is 0 Å². The number of aryl methyl sites for hydroxylation is 1. The fourth-order valence-electron chi connectivity index (χ4n) is 1.64. The Morgan fingerprint density at radius 3 is 2.41 bits per heavy atom. The van der Waals surface area contributed by atoms with Gasteiger partial charge in [0, 0.05) is 17.9 Å². The van der Waals surface area contributed by atoms with E-state index in [-0.39, 0.29) is 6.04 Å². The number of pyridine rings is 1. The number of nitrogens with two attached hydrogens (primary N) is 1. The monoisotopic (exact) mass is 227 g/mol. The average molecular weight is 227 g/mol. The summed E-state index contributed by atoms with van der Waals surface area (Å²) in [5, 5.41) is 3.35. The van der Waals surface area contributed by atoms with Crippen LogP contribution in [0.4, 0.5) is 11.5 Å². The van der Waals surface area contributed by atoms with Crippen molar-refractivity contribution in [3.63, 3.8) is 0 Å². The van der Waals surface area contributed by atoms with E-state index in [1.807, 2.05) is 49.5 Å². The maximum absolute atomic E-state index is 5.66. The lowest BCUT2D eigenvalue weighted by molar-refractivity contribution is 0.874. The minimum Gasteiger partial charge on any atom is -0.399 e. The maximum Gasteiger partial charge on any atom is 0.126 e. The molecule has 1 aromatic heterocycles. The van der Waals surface area contributed by atoms with Crippen LogP contribution in [0.3, 0.4) is 0 Å². The standard InChI is InChI=1S/C14H17N3/c1-10-3-8-14(16-9-10)17-11(2)12-4-6-13(15)7-5-12/h3-9,11H,15H2,1-2H3,(H,16,17). The van der Waals surface area contributed by atoms with Gasteiger partial charge in [0.1, 0.15) is 5.82 Å². The summed E-state index contributed by atoms with van der Waals surface area (Å²) in [5.41, 5.74) is 8.81. The van der Waals surface area contributed by atoms with E-state index in [1.165, 1.54) is 5.56 Å². The van der Waals surface area contributed by atoms with Gasteiger partial charge < -0.3 is 11.1 Å². The first-order valence-corrected chi connectivity index (χ1v) is 5.70. The number of nitrogens with one attached hydrogen (secondary N) is 1. The molecule has 3 heteroatoms. The van der Waals surface area contributed by atoms with E-state index in [2.05, 4.69) is 17.2 Å². The highest BCUT2D eigenvalue weighted by Crippen LogP contribution is 2.18. The van der Waals surface area contributed by atoms with Crippen LogP contribution in [0.25, 0.3) is 0 Å². The molecular formula is C14H17N3. The quantitative estimate of drug-likeness (QED) is 0.792. The minimum atomic E-state index is 0.214. The van der Waals surface area contributed by atoms with Crippen LogP contribution in [0.2, 0.25) is 0 Å². The van der Waals surface area contributed by atoms with Gasteiger partial charge in [-0.1, -0.05) is 18.2 Å². The Morgan fingerprint density at radius 1 is 1.12 bits per heavy atom. The predicted molar refractivity (Wildman–Crippen MR) is 71.9 cm³/mol. The highest BCUT2D eigenvalue weighted by Gasteiger charge is 2.05. The molecule has 1 atom stereocenters. The lowest BCUT2D eigenvalue weighted by atomic mass is 10.1. The number of nitrogen functional groups attached to an aromatic ring is 1. The molecule has 0 aliphatic rings. The third-order valence-corrected chi connectivity index (χ3v) is 2.71. The number of benzene rings is 1. The Kier molecular flexibility index (Phi) is 3.28. The zero-order valence-electron chi connectivity index (χ0n) is 10.1. The van der Waals surface area contributed by atoms with Crippen molar-refractivity contribution in [3.05, 3.63) is 53.7 Å². The average Bonchev–Trinajstić information content (AvgIpc) is 2.33. The molecule has 0 saturated carbocycles. The first kappa shape index (κ1) is 11.5. The smallest absolute Gasteiger partial charge is 0.126 e. The predicted octanol–water partition coefficient (Wildman–Crippen LogP) is 3.15. The van der Waals surface area contributed by atoms with Gasteiger partial charge in [-0.15, -0.1) is 0 Å². The van der Waals surface area contributed by atoms with Gasteiger partial charge in [0.2, 0.25) is 0 Å². The van der Waals surface area contributed by atoms with Crippen molar-refractivity contribution in [2.75, 3.05) is 11.1 Å². The largest absolute Gasteiger partial charge is 0.399 e. The maximum atomic E-state index is 5.66. The molecule has 2 rings (SSSR count). The molecule has 0 aliphatic heterocycles. The molecule has 17 heavy (non-hydrogen) atoms. The van der Waals surface area contributed by atoms with Gasteiger partial charge in [-0.05, 0) is 43.2 Å². The van der Waals surface area contributed by atoms with Crippen LogP contribution in [-0.4, -0.2) is 4.98 Å². The van der Waals surface area contributed by atoms with Gasteiger partial charge in [-0.25, -0.2) is 4.98 Å². The molecule has 3 N–H and O–H groups in total. The van der Waals surface area contributed by atoms with Crippen molar-refractivity contribution >= 4 is 11.5 Å². The van der Waals surface area contributed by atoms with Crippen LogP contribution in [-0.2, 0) is 0 Å². The molecule has 0 spiro atoms. The summed E-state index contributed by atoms with van der Waals surface area (Å²) in [6, 6.07) is 12.1. The van der Waals surface area contributed by atoms with Gasteiger partial charge in [0.15, 0.2) is 0 Å². The highest BCUT2D eigenvalue weighted by molar-refractivity contribution is 5.43. The van der Waals surface area contributed by atoms with Crippen LogP contribution in [0.5, 0.6) is 0 Å². The Morgan fingerprint density at radius 2 is 1.82 bits per heavy atom. The Hall–Kier alpha value is -2.03. The molecule has 2 aromatic rings. The lowest BCUT2D eigenvalue weighted by Gasteiger charge is -2.15. The Balaban J connectivity index is 2.08. The first-order valence-electron chi connectivity index (χ1n) is 5.70. The lowest BCUT2D eigenvalue weighted by Crippen LogP contribution is -2.07. The second-order valence-corrected chi connectivity index (χ2v) is 4.25. The molecule has 1 unspecified atom stereocenters. The fraction of sp³-hybridized carbons (Fsp3) is 0.214. The van der Waals surface area contributed by atoms with Crippen molar-refractivity contribution in [1.29, 1.82) is 0 Å². The summed E-state index contributed by atoms with van der Waals surface area (Å²) in [7, 11) is 0. The molecule has 0 saturated heterocycles. The summed E-state index contributed by atoms with van der Waals surface area (Å²) in [4.78, 5) is 4.33. The van der Waals surface area contributed by atoms with Gasteiger partial charge >= 0.3 is 0 Å². The van der Waals surface area contributed by atoms with Crippen molar-refractivity contribution in [3.8, 4) is 0 Å². The third-order valence-electron chi connectivity index (χ3n) is 2.71. The number of nitrogens with zero attached hydrogens (tertiary/aromatic N) is 1. The Labute approximate surface area is 102 Å². The summed E-state index contributed by atoms with van der Waals surface area (Å²) >= 11 is 0. The molecule has 0 fully saturated rings. The third kappa shape index (κ3) is 2.97. The molecule has 1 heterocycles. The van der Waals surface area contributed by atoms with Crippen LogP contribution < -0.4 is 11.1 Å². The minimum absolute atomic E-state index is 0.214. The van der Waals surface area contributed by atoms with Crippen molar-refractivity contribution in [2.45, 2.75) is 19.9 Å². The summed E-state index contributed by atoms with van der Waals surface area (Å²) < 4.78 is 0. The van der Waals surface area contributed by atoms with Gasteiger partial charge in [-0.2, -0.15) is 0 Å². The van der Waals surface area contributed by atoms with Gasteiger partial charge in [-0.3, -0.25) is 0 Å². The molecule has 0 bridgehead atoms. The van der Waals surface area contributed by atoms with E-state index in [4.69, 9.17) is 5.73 Å². The second-order valence-electron chi connectivity index (χ2n) is 4.25. The van der Waals surface area contributed by atoms with Crippen LogP contribution in [0, 0.1) is 6.92 Å². The van der Waals surface area contributed by atoms with Crippen LogP contribution in [0.15, 0.2) is 42.6 Å². The molecule has 1 aromatic carbocycles. The first-order chi connectivity index (χ1) is 8.15. The zero-order chi connectivity index (χ0) is 12.3. The number of hydrogen-bond acceptors (Lipinski definition) is 3. The Bertz CT molecular complexity index is 474. The van der Waals surface area contributed by atoms with E-state index in [0.29, 0.717) is 0 Å². The fourth-order valence-corrected chi connectivity index (χ4v) is 1.64. The van der Waals surface area contributed by atoms with E-state index >= 15 is 0 Å². The summed E-state index contributed by atoms with van der Waals surface area (Å²) in [5.74, 6) is 0.889. The van der Waals surface area contributed by atoms with E-state index in [1.54, 1.807) is 0 Å². The number of rotatable bonds is 3. The molecular weight excluding hydrogens is 210 g/mol. The van der Waals surface area contributed by atoms with Crippen molar-refractivity contribution in [2.24, 2.45) is 0 Å². The topological polar surface area (TPSA) is 50.9 Å². The van der Waals surface area contributed by atoms with E-state index < -0.39 is 0 Å². The zero-order valence-corrected chi connectivity index (χ0v) is 10.1. The van der Waals surface area contributed by atoms with E-state index in [0.717, 1.165) is 17.1 Å². The van der Waals surface area contributed by atoms with Crippen molar-refractivity contribution in [1.82, 2.24) is 4.98 Å². The van der Waals surface area contributed by atoms with Gasteiger partial charge in [0.05, 0.1) is 0 Å². The summed E-state index contributed by atoms with van der Waals surface area (Å²) in [6.07, 6.45) is 1.86. The molecule has 88 valence electrons. The van der Waals surface area contributed by atoms with Gasteiger partial charge in [0.25, 0.3) is 0 Å². The molecule has 3 nitrogen and oxygen atoms in total. The molecule has 0 amide bonds. The molecule has 0 aliphatic carbocycles. The van der Waals surface area contributed by atoms with Crippen molar-refractivity contribution < 1.29 is 0 Å². The highest BCUT2D eigenvalue weighted by atomic mass is 15.0. The number of aromatic nitrogens is 1.